The lowest BCUT2D eigenvalue weighted by Crippen LogP contribution is -2.14. The molecule has 1 heterocycles. The number of rotatable bonds is 5. The summed E-state index contributed by atoms with van der Waals surface area (Å²) in [5.41, 5.74) is 4.53. The Morgan fingerprint density at radius 3 is 2.64 bits per heavy atom. The quantitative estimate of drug-likeness (QED) is 0.556. The summed E-state index contributed by atoms with van der Waals surface area (Å²) in [6.45, 7) is 4.15. The predicted molar refractivity (Wildman–Crippen MR) is 109 cm³/mol. The third kappa shape index (κ3) is 3.93. The van der Waals surface area contributed by atoms with Crippen LogP contribution in [0, 0.1) is 13.8 Å². The Morgan fingerprint density at radius 2 is 1.79 bits per heavy atom. The predicted octanol–water partition coefficient (Wildman–Crippen LogP) is 4.61. The lowest BCUT2D eigenvalue weighted by atomic mass is 10.0. The fourth-order valence-electron chi connectivity index (χ4n) is 3.25. The van der Waals surface area contributed by atoms with Gasteiger partial charge in [0, 0.05) is 0 Å². The molecule has 0 saturated heterocycles. The molecule has 4 rings (SSSR count). The number of aromatic nitrogens is 2. The van der Waals surface area contributed by atoms with Crippen molar-refractivity contribution in [1.82, 2.24) is 10.2 Å². The van der Waals surface area contributed by atoms with Crippen molar-refractivity contribution in [3.8, 4) is 0 Å². The highest BCUT2D eigenvalue weighted by Gasteiger charge is 2.12. The van der Waals surface area contributed by atoms with Crippen molar-refractivity contribution in [2.75, 3.05) is 5.32 Å². The molecule has 0 aliphatic heterocycles. The average molecular weight is 371 g/mol. The van der Waals surface area contributed by atoms with Crippen molar-refractivity contribution in [2.24, 2.45) is 0 Å². The van der Waals surface area contributed by atoms with E-state index in [1.165, 1.54) is 11.1 Å². The Kier molecular flexibility index (Phi) is 4.89. The summed E-state index contributed by atoms with van der Waals surface area (Å²) in [6.07, 6.45) is 0.781. The molecule has 0 atom stereocenters. The van der Waals surface area contributed by atoms with Crippen LogP contribution in [0.4, 0.5) is 6.01 Å². The van der Waals surface area contributed by atoms with E-state index in [-0.39, 0.29) is 18.3 Å². The lowest BCUT2D eigenvalue weighted by molar-refractivity contribution is -0.115. The van der Waals surface area contributed by atoms with Crippen LogP contribution >= 0.6 is 0 Å². The van der Waals surface area contributed by atoms with Gasteiger partial charge >= 0.3 is 6.01 Å². The van der Waals surface area contributed by atoms with Gasteiger partial charge in [0.2, 0.25) is 11.8 Å². The molecule has 1 N–H and O–H groups in total. The van der Waals surface area contributed by atoms with Crippen LogP contribution in [-0.2, 0) is 17.6 Å². The van der Waals surface area contributed by atoms with Crippen molar-refractivity contribution < 1.29 is 9.21 Å². The number of nitrogens with zero attached hydrogens (tertiary/aromatic N) is 2. The molecule has 5 nitrogen and oxygen atoms in total. The first-order valence-electron chi connectivity index (χ1n) is 9.23. The summed E-state index contributed by atoms with van der Waals surface area (Å²) in [4.78, 5) is 12.4. The fourth-order valence-corrected chi connectivity index (χ4v) is 3.25. The van der Waals surface area contributed by atoms with Crippen LogP contribution in [0.25, 0.3) is 10.8 Å². The summed E-state index contributed by atoms with van der Waals surface area (Å²) in [5, 5.41) is 12.9. The monoisotopic (exact) mass is 371 g/mol. The molecule has 0 unspecified atom stereocenters. The highest BCUT2D eigenvalue weighted by molar-refractivity contribution is 5.95. The van der Waals surface area contributed by atoms with E-state index in [4.69, 9.17) is 4.42 Å². The van der Waals surface area contributed by atoms with Gasteiger partial charge in [0.05, 0.1) is 12.8 Å². The first-order valence-corrected chi connectivity index (χ1v) is 9.23. The van der Waals surface area contributed by atoms with Crippen LogP contribution in [0.2, 0.25) is 0 Å². The van der Waals surface area contributed by atoms with E-state index in [0.717, 1.165) is 21.9 Å². The Bertz CT molecular complexity index is 1140. The standard InChI is InChI=1S/C23H21N3O2/c1-15-10-11-17(12-16(15)2)13-22-25-26-23(28-22)24-21(27)14-19-8-5-7-18-6-3-4-9-20(18)19/h3-12H,13-14H2,1-2H3,(H,24,26,27). The first kappa shape index (κ1) is 17.9. The normalized spacial score (nSPS) is 10.9. The summed E-state index contributed by atoms with van der Waals surface area (Å²) in [7, 11) is 0. The molecule has 0 spiro atoms. The second kappa shape index (κ2) is 7.64. The van der Waals surface area contributed by atoms with Gasteiger partial charge in [0.1, 0.15) is 0 Å². The van der Waals surface area contributed by atoms with Gasteiger partial charge in [-0.25, -0.2) is 0 Å². The van der Waals surface area contributed by atoms with Gasteiger partial charge < -0.3 is 4.42 Å². The minimum absolute atomic E-state index is 0.129. The van der Waals surface area contributed by atoms with E-state index in [0.29, 0.717) is 12.3 Å². The minimum Gasteiger partial charge on any atom is -0.407 e. The van der Waals surface area contributed by atoms with Gasteiger partial charge in [-0.15, -0.1) is 5.10 Å². The van der Waals surface area contributed by atoms with Gasteiger partial charge in [-0.05, 0) is 46.9 Å². The van der Waals surface area contributed by atoms with E-state index >= 15 is 0 Å². The number of aryl methyl sites for hydroxylation is 2. The smallest absolute Gasteiger partial charge is 0.322 e. The number of anilines is 1. The summed E-state index contributed by atoms with van der Waals surface area (Å²) >= 11 is 0. The molecule has 0 bridgehead atoms. The number of benzene rings is 3. The van der Waals surface area contributed by atoms with Gasteiger partial charge in [-0.3, -0.25) is 10.1 Å². The third-order valence-electron chi connectivity index (χ3n) is 4.87. The van der Waals surface area contributed by atoms with Crippen LogP contribution in [0.3, 0.4) is 0 Å². The van der Waals surface area contributed by atoms with Crippen LogP contribution in [0.15, 0.2) is 65.1 Å². The second-order valence-electron chi connectivity index (χ2n) is 6.96. The van der Waals surface area contributed by atoms with Crippen molar-refractivity contribution >= 4 is 22.7 Å². The number of hydrogen-bond acceptors (Lipinski definition) is 4. The molecular weight excluding hydrogens is 350 g/mol. The SMILES string of the molecule is Cc1ccc(Cc2nnc(NC(=O)Cc3cccc4ccccc34)o2)cc1C. The Labute approximate surface area is 163 Å². The lowest BCUT2D eigenvalue weighted by Gasteiger charge is -2.06. The molecule has 5 heteroatoms. The zero-order valence-electron chi connectivity index (χ0n) is 15.9. The van der Waals surface area contributed by atoms with E-state index in [9.17, 15) is 4.79 Å². The maximum Gasteiger partial charge on any atom is 0.322 e. The molecule has 28 heavy (non-hydrogen) atoms. The maximum absolute atomic E-state index is 12.4. The maximum atomic E-state index is 12.4. The zero-order valence-corrected chi connectivity index (χ0v) is 15.9. The molecule has 140 valence electrons. The largest absolute Gasteiger partial charge is 0.407 e. The number of nitrogens with one attached hydrogen (secondary N) is 1. The van der Waals surface area contributed by atoms with Crippen molar-refractivity contribution in [2.45, 2.75) is 26.7 Å². The van der Waals surface area contributed by atoms with Gasteiger partial charge in [-0.1, -0.05) is 65.8 Å². The van der Waals surface area contributed by atoms with Gasteiger partial charge in [-0.2, -0.15) is 0 Å². The minimum atomic E-state index is -0.183. The molecule has 0 radical (unpaired) electrons. The Morgan fingerprint density at radius 1 is 0.964 bits per heavy atom. The van der Waals surface area contributed by atoms with Crippen LogP contribution < -0.4 is 5.32 Å². The zero-order chi connectivity index (χ0) is 19.5. The molecule has 0 fully saturated rings. The van der Waals surface area contributed by atoms with E-state index in [2.05, 4.69) is 41.5 Å². The molecule has 0 saturated carbocycles. The molecule has 1 aromatic heterocycles. The summed E-state index contributed by atoms with van der Waals surface area (Å²) in [6, 6.07) is 20.3. The number of carbonyl (C=O) groups is 1. The first-order chi connectivity index (χ1) is 13.6. The topological polar surface area (TPSA) is 68.0 Å². The Balaban J connectivity index is 1.43. The van der Waals surface area contributed by atoms with Crippen LogP contribution in [-0.4, -0.2) is 16.1 Å². The fraction of sp³-hybridized carbons (Fsp3) is 0.174. The molecule has 1 amide bonds. The highest BCUT2D eigenvalue weighted by Crippen LogP contribution is 2.20. The number of carbonyl (C=O) groups excluding carboxylic acids is 1. The van der Waals surface area contributed by atoms with Crippen molar-refractivity contribution in [1.29, 1.82) is 0 Å². The molecule has 3 aromatic carbocycles. The highest BCUT2D eigenvalue weighted by atomic mass is 16.4. The summed E-state index contributed by atoms with van der Waals surface area (Å²) < 4.78 is 5.60. The number of amides is 1. The molecule has 4 aromatic rings. The van der Waals surface area contributed by atoms with Gasteiger partial charge in [0.15, 0.2) is 0 Å². The summed E-state index contributed by atoms with van der Waals surface area (Å²) in [5.74, 6) is 0.293. The van der Waals surface area contributed by atoms with Crippen LogP contribution in [0.1, 0.15) is 28.1 Å². The molecular formula is C23H21N3O2. The Hall–Kier alpha value is -3.47. The van der Waals surface area contributed by atoms with E-state index in [1.54, 1.807) is 0 Å². The van der Waals surface area contributed by atoms with E-state index < -0.39 is 0 Å². The second-order valence-corrected chi connectivity index (χ2v) is 6.96. The van der Waals surface area contributed by atoms with Crippen molar-refractivity contribution in [3.05, 3.63) is 88.8 Å². The van der Waals surface area contributed by atoms with Gasteiger partial charge in [0.25, 0.3) is 0 Å². The number of hydrogen-bond donors (Lipinski definition) is 1. The van der Waals surface area contributed by atoms with Crippen molar-refractivity contribution in [3.63, 3.8) is 0 Å². The molecule has 0 aliphatic rings. The van der Waals surface area contributed by atoms with E-state index in [1.807, 2.05) is 48.5 Å². The third-order valence-corrected chi connectivity index (χ3v) is 4.87. The average Bonchev–Trinajstić information content (AvgIpc) is 3.11. The molecule has 0 aliphatic carbocycles. The number of fused-ring (bicyclic) bond motifs is 1. The van der Waals surface area contributed by atoms with Crippen LogP contribution in [0.5, 0.6) is 0 Å².